The molecule has 1 saturated carbocycles. The van der Waals surface area contributed by atoms with Crippen molar-refractivity contribution in [3.8, 4) is 5.75 Å². The predicted octanol–water partition coefficient (Wildman–Crippen LogP) is 5.39. The topological polar surface area (TPSA) is 32.6 Å². The number of rotatable bonds is 4. The number of aromatic hydroxyl groups is 1. The van der Waals surface area contributed by atoms with Crippen molar-refractivity contribution in [2.24, 2.45) is 4.99 Å². The van der Waals surface area contributed by atoms with E-state index in [0.717, 1.165) is 16.7 Å². The standard InChI is InChI=1S/C22H27NO/c1-16-13-17(15-23-19-11-7-8-12-19)21(24)20(14-16)22(2,3)18-9-5-4-6-10-18/h4-6,9-10,13-15,19,24H,7-8,11-12H2,1-3H3. The van der Waals surface area contributed by atoms with E-state index in [0.29, 0.717) is 11.8 Å². The van der Waals surface area contributed by atoms with Crippen LogP contribution < -0.4 is 0 Å². The molecule has 0 spiro atoms. The lowest BCUT2D eigenvalue weighted by Crippen LogP contribution is -2.19. The molecule has 1 N–H and O–H groups in total. The highest BCUT2D eigenvalue weighted by Gasteiger charge is 2.27. The van der Waals surface area contributed by atoms with Gasteiger partial charge in [0.25, 0.3) is 0 Å². The maximum atomic E-state index is 10.9. The molecule has 0 saturated heterocycles. The number of aryl methyl sites for hydroxylation is 1. The van der Waals surface area contributed by atoms with E-state index in [1.54, 1.807) is 0 Å². The number of hydrogen-bond donors (Lipinski definition) is 1. The van der Waals surface area contributed by atoms with Gasteiger partial charge >= 0.3 is 0 Å². The summed E-state index contributed by atoms with van der Waals surface area (Å²) in [7, 11) is 0. The molecule has 2 heteroatoms. The minimum Gasteiger partial charge on any atom is -0.507 e. The quantitative estimate of drug-likeness (QED) is 0.753. The van der Waals surface area contributed by atoms with Gasteiger partial charge in [-0.2, -0.15) is 0 Å². The number of aliphatic imine (C=N–C) groups is 1. The molecule has 24 heavy (non-hydrogen) atoms. The lowest BCUT2D eigenvalue weighted by molar-refractivity contribution is 0.452. The average Bonchev–Trinajstić information content (AvgIpc) is 3.09. The van der Waals surface area contributed by atoms with Crippen LogP contribution in [0.25, 0.3) is 0 Å². The second-order valence-electron chi connectivity index (χ2n) is 7.46. The molecule has 2 nitrogen and oxygen atoms in total. The number of phenols is 1. The van der Waals surface area contributed by atoms with Crippen LogP contribution in [0.3, 0.4) is 0 Å². The molecule has 2 aromatic carbocycles. The Kier molecular flexibility index (Phi) is 4.75. The molecule has 126 valence electrons. The first-order chi connectivity index (χ1) is 11.5. The van der Waals surface area contributed by atoms with Gasteiger partial charge in [-0.15, -0.1) is 0 Å². The number of phenolic OH excluding ortho intramolecular Hbond substituents is 1. The van der Waals surface area contributed by atoms with Crippen LogP contribution in [-0.2, 0) is 5.41 Å². The van der Waals surface area contributed by atoms with Gasteiger partial charge in [-0.1, -0.05) is 63.1 Å². The van der Waals surface area contributed by atoms with Gasteiger partial charge in [0.1, 0.15) is 5.75 Å². The molecule has 1 fully saturated rings. The van der Waals surface area contributed by atoms with Crippen molar-refractivity contribution >= 4 is 6.21 Å². The summed E-state index contributed by atoms with van der Waals surface area (Å²) in [6.45, 7) is 6.40. The van der Waals surface area contributed by atoms with Gasteiger partial charge in [0.2, 0.25) is 0 Å². The second kappa shape index (κ2) is 6.80. The van der Waals surface area contributed by atoms with E-state index < -0.39 is 0 Å². The fourth-order valence-electron chi connectivity index (χ4n) is 3.63. The largest absolute Gasteiger partial charge is 0.507 e. The van der Waals surface area contributed by atoms with Crippen molar-refractivity contribution in [3.05, 3.63) is 64.7 Å². The van der Waals surface area contributed by atoms with Gasteiger partial charge < -0.3 is 5.11 Å². The molecule has 0 amide bonds. The third kappa shape index (κ3) is 3.38. The van der Waals surface area contributed by atoms with E-state index >= 15 is 0 Å². The summed E-state index contributed by atoms with van der Waals surface area (Å²) in [5.41, 5.74) is 3.89. The van der Waals surface area contributed by atoms with Crippen LogP contribution in [0.4, 0.5) is 0 Å². The molecule has 0 bridgehead atoms. The summed E-state index contributed by atoms with van der Waals surface area (Å²) in [6, 6.07) is 14.9. The van der Waals surface area contributed by atoms with E-state index in [1.807, 2.05) is 30.5 Å². The number of hydrogen-bond acceptors (Lipinski definition) is 2. The summed E-state index contributed by atoms with van der Waals surface area (Å²) < 4.78 is 0. The monoisotopic (exact) mass is 321 g/mol. The fourth-order valence-corrected chi connectivity index (χ4v) is 3.63. The Labute approximate surface area is 145 Å². The van der Waals surface area contributed by atoms with Crippen molar-refractivity contribution in [1.29, 1.82) is 0 Å². The molecule has 0 unspecified atom stereocenters. The van der Waals surface area contributed by atoms with E-state index in [2.05, 4.69) is 39.0 Å². The zero-order valence-electron chi connectivity index (χ0n) is 14.9. The first-order valence-corrected chi connectivity index (χ1v) is 8.91. The van der Waals surface area contributed by atoms with Gasteiger partial charge in [-0.3, -0.25) is 4.99 Å². The minimum absolute atomic E-state index is 0.257. The normalized spacial score (nSPS) is 16.1. The van der Waals surface area contributed by atoms with Gasteiger partial charge in [0.15, 0.2) is 0 Å². The number of benzene rings is 2. The molecule has 0 aromatic heterocycles. The maximum Gasteiger partial charge on any atom is 0.128 e. The van der Waals surface area contributed by atoms with Gasteiger partial charge in [-0.05, 0) is 37.0 Å². The first kappa shape index (κ1) is 16.8. The Hall–Kier alpha value is -2.09. The van der Waals surface area contributed by atoms with Crippen molar-refractivity contribution in [3.63, 3.8) is 0 Å². The predicted molar refractivity (Wildman–Crippen MR) is 101 cm³/mol. The third-order valence-corrected chi connectivity index (χ3v) is 5.20. The Morgan fingerprint density at radius 1 is 1.08 bits per heavy atom. The molecular formula is C22H27NO. The van der Waals surface area contributed by atoms with Crippen LogP contribution in [-0.4, -0.2) is 17.4 Å². The van der Waals surface area contributed by atoms with Crippen molar-refractivity contribution in [2.75, 3.05) is 0 Å². The van der Waals surface area contributed by atoms with E-state index in [-0.39, 0.29) is 5.41 Å². The molecule has 0 heterocycles. The molecule has 2 aromatic rings. The highest BCUT2D eigenvalue weighted by molar-refractivity contribution is 5.85. The molecular weight excluding hydrogens is 294 g/mol. The summed E-state index contributed by atoms with van der Waals surface area (Å²) in [5, 5.41) is 10.9. The van der Waals surface area contributed by atoms with Crippen LogP contribution in [0.1, 0.15) is 61.8 Å². The van der Waals surface area contributed by atoms with E-state index in [1.165, 1.54) is 31.2 Å². The Morgan fingerprint density at radius 2 is 1.75 bits per heavy atom. The minimum atomic E-state index is -0.257. The molecule has 0 atom stereocenters. The summed E-state index contributed by atoms with van der Waals surface area (Å²) in [6.07, 6.45) is 6.77. The van der Waals surface area contributed by atoms with E-state index in [9.17, 15) is 5.11 Å². The molecule has 0 radical (unpaired) electrons. The smallest absolute Gasteiger partial charge is 0.128 e. The zero-order chi connectivity index (χ0) is 17.2. The van der Waals surface area contributed by atoms with E-state index in [4.69, 9.17) is 4.99 Å². The summed E-state index contributed by atoms with van der Waals surface area (Å²) in [5.74, 6) is 0.358. The molecule has 3 rings (SSSR count). The lowest BCUT2D eigenvalue weighted by Gasteiger charge is -2.28. The van der Waals surface area contributed by atoms with Gasteiger partial charge in [-0.25, -0.2) is 0 Å². The SMILES string of the molecule is Cc1cc(C=NC2CCCC2)c(O)c(C(C)(C)c2ccccc2)c1. The zero-order valence-corrected chi connectivity index (χ0v) is 14.9. The first-order valence-electron chi connectivity index (χ1n) is 8.91. The Bertz CT molecular complexity index is 725. The van der Waals surface area contributed by atoms with Gasteiger partial charge in [0, 0.05) is 28.8 Å². The highest BCUT2D eigenvalue weighted by atomic mass is 16.3. The summed E-state index contributed by atoms with van der Waals surface area (Å²) in [4.78, 5) is 4.71. The maximum absolute atomic E-state index is 10.9. The Morgan fingerprint density at radius 3 is 2.42 bits per heavy atom. The average molecular weight is 321 g/mol. The van der Waals surface area contributed by atoms with Crippen LogP contribution in [0.5, 0.6) is 5.75 Å². The van der Waals surface area contributed by atoms with Crippen molar-refractivity contribution in [1.82, 2.24) is 0 Å². The van der Waals surface area contributed by atoms with Crippen LogP contribution >= 0.6 is 0 Å². The summed E-state index contributed by atoms with van der Waals surface area (Å²) >= 11 is 0. The molecule has 1 aliphatic rings. The van der Waals surface area contributed by atoms with Crippen molar-refractivity contribution < 1.29 is 5.11 Å². The fraction of sp³-hybridized carbons (Fsp3) is 0.409. The highest BCUT2D eigenvalue weighted by Crippen LogP contribution is 2.38. The lowest BCUT2D eigenvalue weighted by atomic mass is 9.76. The third-order valence-electron chi connectivity index (χ3n) is 5.20. The molecule has 0 aliphatic heterocycles. The van der Waals surface area contributed by atoms with Gasteiger partial charge in [0.05, 0.1) is 0 Å². The number of nitrogens with zero attached hydrogens (tertiary/aromatic N) is 1. The Balaban J connectivity index is 1.99. The van der Waals surface area contributed by atoms with Crippen LogP contribution in [0, 0.1) is 6.92 Å². The second-order valence-corrected chi connectivity index (χ2v) is 7.46. The van der Waals surface area contributed by atoms with Crippen LogP contribution in [0.2, 0.25) is 0 Å². The molecule has 1 aliphatic carbocycles. The van der Waals surface area contributed by atoms with Crippen LogP contribution in [0.15, 0.2) is 47.5 Å². The van der Waals surface area contributed by atoms with Crippen molar-refractivity contribution in [2.45, 2.75) is 57.9 Å².